The van der Waals surface area contributed by atoms with Gasteiger partial charge in [-0.1, -0.05) is 57.2 Å². The Labute approximate surface area is 271 Å². The Morgan fingerprint density at radius 1 is 1.26 bits per heavy atom. The number of methoxy groups -OCH3 is 1. The van der Waals surface area contributed by atoms with Gasteiger partial charge in [-0.25, -0.2) is 9.55 Å². The molecule has 0 spiro atoms. The molecule has 1 fully saturated rings. The van der Waals surface area contributed by atoms with E-state index in [1.165, 1.54) is 31.9 Å². The molecule has 0 saturated carbocycles. The van der Waals surface area contributed by atoms with E-state index in [4.69, 9.17) is 29.0 Å². The highest BCUT2D eigenvalue weighted by Gasteiger charge is 2.56. The molecule has 2 aromatic carbocycles. The molecule has 0 bridgehead atoms. The molecule has 6 unspecified atom stereocenters. The first-order valence-electron chi connectivity index (χ1n) is 14.8. The molecular formula is C31H38N7O8P. The van der Waals surface area contributed by atoms with Gasteiger partial charge in [0.2, 0.25) is 11.8 Å². The molecule has 1 aliphatic heterocycles. The first-order valence-corrected chi connectivity index (χ1v) is 16.4. The van der Waals surface area contributed by atoms with Crippen LogP contribution in [0.4, 0.5) is 5.95 Å². The number of nitrogen functional groups attached to an aromatic ring is 1. The SMILES string of the molecule is COc1nc(N)nc2c1ncn2C1OC(COP(=O)(NC(C)C(=O)OCC(C)(C)C)Oc2cccc3ccccc23)C(O)C1(C)C#N. The van der Waals surface area contributed by atoms with Crippen molar-refractivity contribution in [1.29, 1.82) is 5.26 Å². The fourth-order valence-electron chi connectivity index (χ4n) is 5.11. The Morgan fingerprint density at radius 2 is 1.98 bits per heavy atom. The van der Waals surface area contributed by atoms with Crippen molar-refractivity contribution in [3.8, 4) is 17.7 Å². The van der Waals surface area contributed by atoms with Gasteiger partial charge in [0.15, 0.2) is 17.4 Å². The average molecular weight is 668 g/mol. The summed E-state index contributed by atoms with van der Waals surface area (Å²) in [5, 5.41) is 25.8. The highest BCUT2D eigenvalue weighted by Crippen LogP contribution is 2.50. The van der Waals surface area contributed by atoms with Crippen LogP contribution in [-0.2, 0) is 23.4 Å². The Morgan fingerprint density at radius 3 is 2.68 bits per heavy atom. The molecule has 5 rings (SSSR count). The molecule has 6 atom stereocenters. The second-order valence-electron chi connectivity index (χ2n) is 12.7. The summed E-state index contributed by atoms with van der Waals surface area (Å²) in [6, 6.07) is 13.6. The van der Waals surface area contributed by atoms with Crippen LogP contribution in [0.3, 0.4) is 0 Å². The number of nitrogens with zero attached hydrogens (tertiary/aromatic N) is 5. The monoisotopic (exact) mass is 667 g/mol. The number of nitriles is 1. The first kappa shape index (κ1) is 34.0. The second-order valence-corrected chi connectivity index (χ2v) is 14.4. The van der Waals surface area contributed by atoms with E-state index in [2.05, 4.69) is 26.1 Å². The molecule has 0 amide bonds. The number of aromatic nitrogens is 4. The molecule has 0 radical (unpaired) electrons. The maximum Gasteiger partial charge on any atom is 0.459 e. The molecule has 4 aromatic rings. The number of carbonyl (C=O) groups excluding carboxylic acids is 1. The Bertz CT molecular complexity index is 1870. The molecule has 250 valence electrons. The number of aliphatic hydroxyl groups is 1. The molecule has 1 saturated heterocycles. The van der Waals surface area contributed by atoms with Crippen molar-refractivity contribution in [2.45, 2.75) is 59.1 Å². The Kier molecular flexibility index (Phi) is 9.45. The van der Waals surface area contributed by atoms with Gasteiger partial charge in [0, 0.05) is 5.39 Å². The van der Waals surface area contributed by atoms with Crippen molar-refractivity contribution in [2.75, 3.05) is 26.1 Å². The van der Waals surface area contributed by atoms with E-state index in [-0.39, 0.29) is 40.8 Å². The third kappa shape index (κ3) is 7.02. The normalized spacial score (nSPS) is 23.2. The zero-order valence-corrected chi connectivity index (χ0v) is 27.8. The van der Waals surface area contributed by atoms with Crippen LogP contribution < -0.4 is 20.1 Å². The molecule has 15 nitrogen and oxygen atoms in total. The number of aliphatic hydroxyl groups excluding tert-OH is 1. The van der Waals surface area contributed by atoms with Gasteiger partial charge < -0.3 is 29.6 Å². The van der Waals surface area contributed by atoms with Gasteiger partial charge in [-0.2, -0.15) is 20.3 Å². The minimum Gasteiger partial charge on any atom is -0.479 e. The van der Waals surface area contributed by atoms with Crippen LogP contribution in [0.15, 0.2) is 48.8 Å². The molecule has 4 N–H and O–H groups in total. The number of hydrogen-bond acceptors (Lipinski definition) is 13. The van der Waals surface area contributed by atoms with Crippen LogP contribution >= 0.6 is 7.75 Å². The molecule has 0 aliphatic carbocycles. The molecule has 16 heteroatoms. The number of rotatable bonds is 11. The van der Waals surface area contributed by atoms with Crippen molar-refractivity contribution in [3.05, 3.63) is 48.8 Å². The van der Waals surface area contributed by atoms with E-state index in [0.29, 0.717) is 5.39 Å². The minimum absolute atomic E-state index is 0.0964. The zero-order chi connectivity index (χ0) is 34.1. The van der Waals surface area contributed by atoms with Crippen LogP contribution in [0, 0.1) is 22.2 Å². The number of nitrogens with two attached hydrogens (primary N) is 1. The summed E-state index contributed by atoms with van der Waals surface area (Å²) in [7, 11) is -2.98. The number of ether oxygens (including phenoxy) is 3. The van der Waals surface area contributed by atoms with Gasteiger partial charge in [-0.3, -0.25) is 13.9 Å². The smallest absolute Gasteiger partial charge is 0.459 e. The van der Waals surface area contributed by atoms with Gasteiger partial charge in [0.1, 0.15) is 29.4 Å². The van der Waals surface area contributed by atoms with E-state index in [1.807, 2.05) is 39.0 Å². The van der Waals surface area contributed by atoms with Crippen LogP contribution in [0.5, 0.6) is 11.6 Å². The summed E-state index contributed by atoms with van der Waals surface area (Å²) in [4.78, 5) is 25.4. The maximum atomic E-state index is 14.4. The van der Waals surface area contributed by atoms with Gasteiger partial charge in [0.25, 0.3) is 0 Å². The number of hydrogen-bond donors (Lipinski definition) is 3. The minimum atomic E-state index is -4.38. The zero-order valence-electron chi connectivity index (χ0n) is 26.9. The van der Waals surface area contributed by atoms with Crippen LogP contribution in [-0.4, -0.2) is 69.2 Å². The van der Waals surface area contributed by atoms with Crippen molar-refractivity contribution in [2.24, 2.45) is 10.8 Å². The second kappa shape index (κ2) is 13.1. The summed E-state index contributed by atoms with van der Waals surface area (Å²) in [6.45, 7) is 8.36. The number of fused-ring (bicyclic) bond motifs is 2. The number of benzene rings is 2. The van der Waals surface area contributed by atoms with E-state index in [9.17, 15) is 19.7 Å². The van der Waals surface area contributed by atoms with E-state index in [0.717, 1.165) is 5.39 Å². The van der Waals surface area contributed by atoms with Gasteiger partial charge in [-0.15, -0.1) is 0 Å². The van der Waals surface area contributed by atoms with Crippen molar-refractivity contribution < 1.29 is 37.7 Å². The summed E-state index contributed by atoms with van der Waals surface area (Å²) in [6.07, 6.45) is -2.37. The van der Waals surface area contributed by atoms with Crippen LogP contribution in [0.1, 0.15) is 40.8 Å². The lowest BCUT2D eigenvalue weighted by atomic mass is 9.84. The van der Waals surface area contributed by atoms with Gasteiger partial charge in [0.05, 0.1) is 32.7 Å². The van der Waals surface area contributed by atoms with E-state index in [1.54, 1.807) is 24.3 Å². The van der Waals surface area contributed by atoms with Crippen LogP contribution in [0.2, 0.25) is 0 Å². The van der Waals surface area contributed by atoms with Crippen molar-refractivity contribution in [1.82, 2.24) is 24.6 Å². The van der Waals surface area contributed by atoms with Crippen molar-refractivity contribution in [3.63, 3.8) is 0 Å². The van der Waals surface area contributed by atoms with Crippen molar-refractivity contribution >= 4 is 41.6 Å². The number of carbonyl (C=O) groups is 1. The third-order valence-corrected chi connectivity index (χ3v) is 9.24. The number of nitrogens with one attached hydrogen (secondary N) is 1. The average Bonchev–Trinajstić information content (AvgIpc) is 3.56. The Hall–Kier alpha value is -4.32. The maximum absolute atomic E-state index is 14.4. The van der Waals surface area contributed by atoms with Gasteiger partial charge >= 0.3 is 13.7 Å². The highest BCUT2D eigenvalue weighted by atomic mass is 31.2. The molecule has 2 aromatic heterocycles. The number of imidazole rings is 1. The number of esters is 1. The predicted molar refractivity (Wildman–Crippen MR) is 171 cm³/mol. The summed E-state index contributed by atoms with van der Waals surface area (Å²) >= 11 is 0. The highest BCUT2D eigenvalue weighted by molar-refractivity contribution is 7.52. The molecule has 1 aliphatic rings. The lowest BCUT2D eigenvalue weighted by Gasteiger charge is -2.26. The summed E-state index contributed by atoms with van der Waals surface area (Å²) < 4.78 is 44.6. The van der Waals surface area contributed by atoms with Gasteiger partial charge in [-0.05, 0) is 30.7 Å². The van der Waals surface area contributed by atoms with E-state index >= 15 is 0 Å². The van der Waals surface area contributed by atoms with Crippen LogP contribution in [0.25, 0.3) is 21.9 Å². The predicted octanol–water partition coefficient (Wildman–Crippen LogP) is 4.13. The molecular weight excluding hydrogens is 629 g/mol. The van der Waals surface area contributed by atoms with E-state index < -0.39 is 50.2 Å². The quantitative estimate of drug-likeness (QED) is 0.152. The standard InChI is InChI=1S/C31H38N7O8P/c1-18(27(40)43-16-30(2,3)4)37-47(41,46-21-13-9-11-19-10-7-8-12-20(19)21)44-14-22-24(39)31(5,15-32)28(45-22)38-17-34-23-25(38)35-29(33)36-26(23)42-6/h7-13,17-18,22,24,28,39H,14,16H2,1-6H3,(H,37,41)(H2,33,35,36). The molecule has 3 heterocycles. The largest absolute Gasteiger partial charge is 0.479 e. The fourth-order valence-corrected chi connectivity index (χ4v) is 6.63. The topological polar surface area (TPSA) is 206 Å². The third-order valence-electron chi connectivity index (χ3n) is 7.61. The lowest BCUT2D eigenvalue weighted by Crippen LogP contribution is -2.39. The Balaban J connectivity index is 1.43. The summed E-state index contributed by atoms with van der Waals surface area (Å²) in [5.41, 5.74) is 4.51. The fraction of sp³-hybridized carbons (Fsp3) is 0.452. The molecule has 47 heavy (non-hydrogen) atoms. The summed E-state index contributed by atoms with van der Waals surface area (Å²) in [5.74, 6) is -0.404. The number of anilines is 1. The lowest BCUT2D eigenvalue weighted by molar-refractivity contribution is -0.148. The first-order chi connectivity index (χ1) is 22.2.